The molecule has 7 rings (SSSR count). The van der Waals surface area contributed by atoms with Crippen molar-refractivity contribution >= 4 is 34.7 Å². The predicted octanol–water partition coefficient (Wildman–Crippen LogP) is 6.48. The molecule has 3 aliphatic rings. The van der Waals surface area contributed by atoms with Crippen LogP contribution in [0.4, 0.5) is 0 Å². The number of Topliss-reactive ketones (excluding diaryl/α,β-unsaturated/α-hetero) is 4. The molecular weight excluding hydrogens is 540 g/mol. The minimum atomic E-state index is -2.14. The Bertz CT molecular complexity index is 1700. The molecule has 0 aromatic heterocycles. The molecule has 6 nitrogen and oxygen atoms in total. The van der Waals surface area contributed by atoms with Crippen LogP contribution in [0.1, 0.15) is 71.5 Å². The average Bonchev–Trinajstić information content (AvgIpc) is 3.52. The number of hydrogen-bond acceptors (Lipinski definition) is 6. The van der Waals surface area contributed by atoms with Crippen LogP contribution in [0.25, 0.3) is 0 Å². The fraction of sp³-hybridized carbons (Fsp3) is 0.176. The van der Waals surface area contributed by atoms with Gasteiger partial charge in [-0.1, -0.05) is 84.4 Å². The highest BCUT2D eigenvalue weighted by molar-refractivity contribution is 6.37. The number of ketones is 4. The summed E-state index contributed by atoms with van der Waals surface area (Å²) in [7, 11) is 0. The zero-order valence-electron chi connectivity index (χ0n) is 21.9. The molecule has 0 radical (unpaired) electrons. The first-order valence-electron chi connectivity index (χ1n) is 13.4. The lowest BCUT2D eigenvalue weighted by atomic mass is 9.60. The molecule has 1 heterocycles. The molecule has 41 heavy (non-hydrogen) atoms. The second-order valence-corrected chi connectivity index (χ2v) is 10.9. The Kier molecular flexibility index (Phi) is 5.65. The van der Waals surface area contributed by atoms with E-state index in [9.17, 15) is 19.2 Å². The number of hydrogen-bond donors (Lipinski definition) is 0. The summed E-state index contributed by atoms with van der Waals surface area (Å²) >= 11 is 6.20. The zero-order valence-corrected chi connectivity index (χ0v) is 22.7. The molecule has 1 fully saturated rings. The first kappa shape index (κ1) is 25.6. The lowest BCUT2D eigenvalue weighted by Crippen LogP contribution is -2.51. The van der Waals surface area contributed by atoms with Crippen LogP contribution in [0.2, 0.25) is 5.02 Å². The monoisotopic (exact) mass is 562 g/mol. The van der Waals surface area contributed by atoms with Gasteiger partial charge >= 0.3 is 0 Å². The topological polar surface area (TPSA) is 86.7 Å². The van der Waals surface area contributed by atoms with Crippen LogP contribution < -0.4 is 4.74 Å². The van der Waals surface area contributed by atoms with Gasteiger partial charge in [0.1, 0.15) is 17.3 Å². The Morgan fingerprint density at radius 1 is 0.659 bits per heavy atom. The molecular formula is C34H23ClO6. The lowest BCUT2D eigenvalue weighted by Gasteiger charge is -2.34. The van der Waals surface area contributed by atoms with Crippen LogP contribution in [-0.2, 0) is 4.74 Å². The van der Waals surface area contributed by atoms with Crippen molar-refractivity contribution < 1.29 is 28.7 Å². The SMILES string of the molecule is CCOc1ccc([C@@H]2C3(O[C@@H](c4ccc(Cl)cc4)C24C(=O)c2ccccc2C4=O)C(=O)c2ccccc2C3=O)cc1. The van der Waals surface area contributed by atoms with Gasteiger partial charge in [0, 0.05) is 27.3 Å². The van der Waals surface area contributed by atoms with Gasteiger partial charge < -0.3 is 9.47 Å². The van der Waals surface area contributed by atoms with Gasteiger partial charge in [0.15, 0.2) is 11.6 Å². The Morgan fingerprint density at radius 2 is 1.12 bits per heavy atom. The number of carbonyl (C=O) groups is 4. The third-order valence-electron chi connectivity index (χ3n) is 8.54. The largest absolute Gasteiger partial charge is 0.494 e. The predicted molar refractivity (Wildman–Crippen MR) is 151 cm³/mol. The number of rotatable bonds is 4. The molecule has 0 N–H and O–H groups in total. The molecule has 1 aliphatic heterocycles. The summed E-state index contributed by atoms with van der Waals surface area (Å²) in [6.45, 7) is 2.30. The van der Waals surface area contributed by atoms with Crippen molar-refractivity contribution in [2.24, 2.45) is 5.41 Å². The summed E-state index contributed by atoms with van der Waals surface area (Å²) in [5.74, 6) is -2.78. The summed E-state index contributed by atoms with van der Waals surface area (Å²) in [5, 5.41) is 0.450. The van der Waals surface area contributed by atoms with Crippen molar-refractivity contribution in [3.05, 3.63) is 135 Å². The first-order chi connectivity index (χ1) is 19.9. The van der Waals surface area contributed by atoms with Crippen LogP contribution in [0.15, 0.2) is 97.1 Å². The highest BCUT2D eigenvalue weighted by atomic mass is 35.5. The van der Waals surface area contributed by atoms with Crippen molar-refractivity contribution in [2.45, 2.75) is 24.5 Å². The molecule has 2 spiro atoms. The van der Waals surface area contributed by atoms with Crippen molar-refractivity contribution in [3.8, 4) is 5.75 Å². The average molecular weight is 563 g/mol. The molecule has 4 aromatic rings. The number of carbonyl (C=O) groups excluding carboxylic acids is 4. The molecule has 202 valence electrons. The van der Waals surface area contributed by atoms with Gasteiger partial charge in [0.2, 0.25) is 17.2 Å². The van der Waals surface area contributed by atoms with Crippen LogP contribution >= 0.6 is 11.6 Å². The van der Waals surface area contributed by atoms with Crippen molar-refractivity contribution in [3.63, 3.8) is 0 Å². The Balaban J connectivity index is 1.56. The van der Waals surface area contributed by atoms with E-state index in [4.69, 9.17) is 21.1 Å². The van der Waals surface area contributed by atoms with E-state index in [1.165, 1.54) is 0 Å². The first-order valence-corrected chi connectivity index (χ1v) is 13.8. The standard InChI is InChI=1S/C34H23ClO6/c1-2-40-22-17-13-19(14-18-22)27-33(28(36)23-7-3-4-8-24(23)29(33)37)32(20-11-15-21(35)16-12-20)41-34(27)30(38)25-9-5-6-10-26(25)31(34)39/h3-18,27,32H,2H2,1H3/t27-,32-/m0/s1. The van der Waals surface area contributed by atoms with Crippen molar-refractivity contribution in [2.75, 3.05) is 6.61 Å². The van der Waals surface area contributed by atoms with E-state index in [1.807, 2.05) is 6.92 Å². The molecule has 0 saturated carbocycles. The number of benzene rings is 4. The van der Waals surface area contributed by atoms with Gasteiger partial charge in [0.25, 0.3) is 0 Å². The minimum absolute atomic E-state index is 0.204. The van der Waals surface area contributed by atoms with E-state index < -0.39 is 46.2 Å². The summed E-state index contributed by atoms with van der Waals surface area (Å²) in [4.78, 5) is 58.2. The Morgan fingerprint density at radius 3 is 1.61 bits per heavy atom. The van der Waals surface area contributed by atoms with Gasteiger partial charge in [-0.3, -0.25) is 19.2 Å². The van der Waals surface area contributed by atoms with Crippen LogP contribution in [0, 0.1) is 5.41 Å². The van der Waals surface area contributed by atoms with Gasteiger partial charge in [0.05, 0.1) is 12.5 Å². The number of halogens is 1. The summed E-state index contributed by atoms with van der Waals surface area (Å²) in [6, 6.07) is 26.6. The smallest absolute Gasteiger partial charge is 0.204 e. The molecule has 1 saturated heterocycles. The van der Waals surface area contributed by atoms with E-state index in [0.29, 0.717) is 28.5 Å². The van der Waals surface area contributed by atoms with Gasteiger partial charge in [-0.2, -0.15) is 0 Å². The fourth-order valence-corrected chi connectivity index (χ4v) is 7.01. The maximum atomic E-state index is 14.7. The van der Waals surface area contributed by atoms with Crippen molar-refractivity contribution in [1.29, 1.82) is 0 Å². The number of fused-ring (bicyclic) bond motifs is 2. The maximum Gasteiger partial charge on any atom is 0.204 e. The third kappa shape index (κ3) is 3.23. The van der Waals surface area contributed by atoms with E-state index in [1.54, 1.807) is 97.1 Å². The highest BCUT2D eigenvalue weighted by Gasteiger charge is 2.79. The molecule has 0 bridgehead atoms. The van der Waals surface area contributed by atoms with Crippen LogP contribution in [0.3, 0.4) is 0 Å². The molecule has 7 heteroatoms. The molecule has 0 unspecified atom stereocenters. The second kappa shape index (κ2) is 9.06. The van der Waals surface area contributed by atoms with E-state index in [0.717, 1.165) is 0 Å². The minimum Gasteiger partial charge on any atom is -0.494 e. The van der Waals surface area contributed by atoms with Gasteiger partial charge in [-0.25, -0.2) is 0 Å². The molecule has 2 atom stereocenters. The Hall–Kier alpha value is -4.39. The van der Waals surface area contributed by atoms with Crippen LogP contribution in [0.5, 0.6) is 5.75 Å². The molecule has 4 aromatic carbocycles. The van der Waals surface area contributed by atoms with E-state index >= 15 is 0 Å². The fourth-order valence-electron chi connectivity index (χ4n) is 6.89. The lowest BCUT2D eigenvalue weighted by molar-refractivity contribution is -0.0210. The summed E-state index contributed by atoms with van der Waals surface area (Å²) in [5.41, 5.74) is -2.27. The zero-order chi connectivity index (χ0) is 28.5. The second-order valence-electron chi connectivity index (χ2n) is 10.5. The molecule has 0 amide bonds. The third-order valence-corrected chi connectivity index (χ3v) is 8.79. The molecule has 2 aliphatic carbocycles. The highest BCUT2D eigenvalue weighted by Crippen LogP contribution is 2.67. The quantitative estimate of drug-likeness (QED) is 0.265. The van der Waals surface area contributed by atoms with E-state index in [-0.39, 0.29) is 22.3 Å². The van der Waals surface area contributed by atoms with Gasteiger partial charge in [-0.05, 0) is 42.3 Å². The Labute approximate surface area is 240 Å². The maximum absolute atomic E-state index is 14.7. The summed E-state index contributed by atoms with van der Waals surface area (Å²) in [6.07, 6.45) is -1.24. The number of ether oxygens (including phenoxy) is 2. The van der Waals surface area contributed by atoms with Crippen molar-refractivity contribution in [1.82, 2.24) is 0 Å². The van der Waals surface area contributed by atoms with Crippen LogP contribution in [-0.4, -0.2) is 35.3 Å². The van der Waals surface area contributed by atoms with E-state index in [2.05, 4.69) is 0 Å². The summed E-state index contributed by atoms with van der Waals surface area (Å²) < 4.78 is 12.3. The normalized spacial score (nSPS) is 21.5. The van der Waals surface area contributed by atoms with Gasteiger partial charge in [-0.15, -0.1) is 0 Å².